The van der Waals surface area contributed by atoms with Crippen LogP contribution in [0, 0.1) is 5.82 Å². The Morgan fingerprint density at radius 1 is 1.04 bits per heavy atom. The molecule has 2 heterocycles. The van der Waals surface area contributed by atoms with Gasteiger partial charge >= 0.3 is 0 Å². The highest BCUT2D eigenvalue weighted by Gasteiger charge is 2.54. The summed E-state index contributed by atoms with van der Waals surface area (Å²) in [6.07, 6.45) is 4.36. The zero-order valence-electron chi connectivity index (χ0n) is 15.0. The van der Waals surface area contributed by atoms with E-state index in [1.54, 1.807) is 19.2 Å². The van der Waals surface area contributed by atoms with Gasteiger partial charge in [-0.1, -0.05) is 0 Å². The van der Waals surface area contributed by atoms with Crippen LogP contribution in [-0.4, -0.2) is 35.7 Å². The summed E-state index contributed by atoms with van der Waals surface area (Å²) in [6, 6.07) is 13.9. The molecule has 136 valence electrons. The Labute approximate surface area is 153 Å². The van der Waals surface area contributed by atoms with Gasteiger partial charge in [-0.05, 0) is 67.8 Å². The summed E-state index contributed by atoms with van der Waals surface area (Å²) in [5.74, 6) is 1.62. The van der Waals surface area contributed by atoms with E-state index in [-0.39, 0.29) is 5.82 Å². The number of benzene rings is 2. The largest absolute Gasteiger partial charge is 0.497 e. The first-order chi connectivity index (χ1) is 12.6. The SMILES string of the molecule is COc1ccc(N2C3=[N+](CCCCC3)C[C@@]2(O)c2ccc(F)cc2)cc1. The molecule has 2 aromatic rings. The van der Waals surface area contributed by atoms with E-state index in [1.165, 1.54) is 18.6 Å². The number of rotatable bonds is 3. The Hall–Kier alpha value is -2.40. The minimum Gasteiger partial charge on any atom is -0.497 e. The number of hydrogen-bond acceptors (Lipinski definition) is 3. The molecule has 0 aromatic heterocycles. The summed E-state index contributed by atoms with van der Waals surface area (Å²) in [6.45, 7) is 1.42. The van der Waals surface area contributed by atoms with Gasteiger partial charge in [0.25, 0.3) is 11.6 Å². The van der Waals surface area contributed by atoms with Gasteiger partial charge < -0.3 is 9.84 Å². The average Bonchev–Trinajstić information content (AvgIpc) is 2.79. The minimum absolute atomic E-state index is 0.298. The Balaban J connectivity index is 1.81. The van der Waals surface area contributed by atoms with Gasteiger partial charge in [0.15, 0.2) is 6.54 Å². The van der Waals surface area contributed by atoms with Gasteiger partial charge in [-0.3, -0.25) is 4.58 Å². The van der Waals surface area contributed by atoms with Gasteiger partial charge in [-0.15, -0.1) is 0 Å². The topological polar surface area (TPSA) is 35.7 Å². The molecule has 0 spiro atoms. The molecule has 0 fully saturated rings. The number of aliphatic hydroxyl groups is 1. The average molecular weight is 355 g/mol. The smallest absolute Gasteiger partial charge is 0.275 e. The molecule has 2 aromatic carbocycles. The van der Waals surface area contributed by atoms with E-state index in [1.807, 2.05) is 29.2 Å². The molecule has 0 saturated heterocycles. The zero-order chi connectivity index (χ0) is 18.1. The fraction of sp³-hybridized carbons (Fsp3) is 0.381. The summed E-state index contributed by atoms with van der Waals surface area (Å²) < 4.78 is 21.0. The van der Waals surface area contributed by atoms with Crippen molar-refractivity contribution >= 4 is 11.5 Å². The van der Waals surface area contributed by atoms with Gasteiger partial charge in [-0.25, -0.2) is 4.39 Å². The van der Waals surface area contributed by atoms with Crippen molar-refractivity contribution in [3.8, 4) is 5.75 Å². The Bertz CT molecular complexity index is 817. The number of halogens is 1. The van der Waals surface area contributed by atoms with Crippen LogP contribution in [0.2, 0.25) is 0 Å². The molecule has 1 N–H and O–H groups in total. The fourth-order valence-corrected chi connectivity index (χ4v) is 4.05. The van der Waals surface area contributed by atoms with E-state index < -0.39 is 5.72 Å². The number of hydrogen-bond donors (Lipinski definition) is 1. The molecule has 0 amide bonds. The maximum atomic E-state index is 13.4. The number of methoxy groups -OCH3 is 1. The highest BCUT2D eigenvalue weighted by atomic mass is 19.1. The van der Waals surface area contributed by atoms with Crippen molar-refractivity contribution in [2.45, 2.75) is 31.4 Å². The Kier molecular flexibility index (Phi) is 4.41. The second-order valence-corrected chi connectivity index (χ2v) is 7.01. The van der Waals surface area contributed by atoms with Crippen LogP contribution in [-0.2, 0) is 5.72 Å². The van der Waals surface area contributed by atoms with Gasteiger partial charge in [0.05, 0.1) is 13.7 Å². The van der Waals surface area contributed by atoms with E-state index in [0.29, 0.717) is 12.1 Å². The fourth-order valence-electron chi connectivity index (χ4n) is 4.05. The Morgan fingerprint density at radius 3 is 2.46 bits per heavy atom. The van der Waals surface area contributed by atoms with Gasteiger partial charge in [0, 0.05) is 12.0 Å². The van der Waals surface area contributed by atoms with E-state index in [0.717, 1.165) is 43.1 Å². The highest BCUT2D eigenvalue weighted by molar-refractivity contribution is 5.97. The second-order valence-electron chi connectivity index (χ2n) is 7.01. The van der Waals surface area contributed by atoms with Gasteiger partial charge in [0.2, 0.25) is 0 Å². The van der Waals surface area contributed by atoms with E-state index in [9.17, 15) is 9.50 Å². The van der Waals surface area contributed by atoms with Crippen LogP contribution in [0.5, 0.6) is 5.75 Å². The summed E-state index contributed by atoms with van der Waals surface area (Å²) in [7, 11) is 1.64. The first-order valence-corrected chi connectivity index (χ1v) is 9.15. The van der Waals surface area contributed by atoms with Crippen molar-refractivity contribution in [2.75, 3.05) is 25.1 Å². The van der Waals surface area contributed by atoms with Gasteiger partial charge in [0.1, 0.15) is 17.3 Å². The van der Waals surface area contributed by atoms with Crippen molar-refractivity contribution in [3.63, 3.8) is 0 Å². The van der Waals surface area contributed by atoms with Crippen molar-refractivity contribution in [2.24, 2.45) is 0 Å². The molecular formula is C21H24FN2O2+. The van der Waals surface area contributed by atoms with Crippen molar-refractivity contribution in [1.29, 1.82) is 0 Å². The zero-order valence-corrected chi connectivity index (χ0v) is 15.0. The predicted molar refractivity (Wildman–Crippen MR) is 99.2 cm³/mol. The number of anilines is 1. The van der Waals surface area contributed by atoms with E-state index in [4.69, 9.17) is 4.74 Å². The second kappa shape index (κ2) is 6.72. The van der Waals surface area contributed by atoms with Crippen LogP contribution in [0.25, 0.3) is 0 Å². The lowest BCUT2D eigenvalue weighted by Crippen LogP contribution is -2.47. The third kappa shape index (κ3) is 2.86. The maximum Gasteiger partial charge on any atom is 0.275 e. The molecule has 4 rings (SSSR count). The highest BCUT2D eigenvalue weighted by Crippen LogP contribution is 2.38. The normalized spacial score (nSPS) is 23.0. The van der Waals surface area contributed by atoms with Crippen LogP contribution < -0.4 is 9.64 Å². The molecule has 0 radical (unpaired) electrons. The number of amidine groups is 1. The molecule has 0 unspecified atom stereocenters. The molecule has 0 aliphatic carbocycles. The third-order valence-electron chi connectivity index (χ3n) is 5.37. The van der Waals surface area contributed by atoms with Crippen molar-refractivity contribution in [1.82, 2.24) is 0 Å². The number of nitrogens with zero attached hydrogens (tertiary/aromatic N) is 2. The minimum atomic E-state index is -1.21. The van der Waals surface area contributed by atoms with Crippen molar-refractivity contribution in [3.05, 3.63) is 59.9 Å². The molecule has 1 atom stereocenters. The van der Waals surface area contributed by atoms with Crippen LogP contribution >= 0.6 is 0 Å². The lowest BCUT2D eigenvalue weighted by atomic mass is 10.00. The molecular weight excluding hydrogens is 331 g/mol. The van der Waals surface area contributed by atoms with Crippen LogP contribution in [0.3, 0.4) is 0 Å². The third-order valence-corrected chi connectivity index (χ3v) is 5.37. The van der Waals surface area contributed by atoms with Gasteiger partial charge in [-0.2, -0.15) is 4.90 Å². The summed E-state index contributed by atoms with van der Waals surface area (Å²) >= 11 is 0. The quantitative estimate of drug-likeness (QED) is 0.856. The summed E-state index contributed by atoms with van der Waals surface area (Å²) in [5.41, 5.74) is 0.405. The van der Waals surface area contributed by atoms with Crippen molar-refractivity contribution < 1.29 is 18.8 Å². The van der Waals surface area contributed by atoms with Crippen LogP contribution in [0.1, 0.15) is 31.2 Å². The molecule has 0 bridgehead atoms. The lowest BCUT2D eigenvalue weighted by Gasteiger charge is -2.29. The van der Waals surface area contributed by atoms with E-state index >= 15 is 0 Å². The molecule has 2 aliphatic heterocycles. The van der Waals surface area contributed by atoms with E-state index in [2.05, 4.69) is 4.58 Å². The standard InChI is InChI=1S/C21H24FN2O2/c1-26-19-12-10-18(11-13-19)24-20-5-3-2-4-14-23(20)15-21(24,25)16-6-8-17(22)9-7-16/h6-13,25H,2-5,14-15H2,1H3/q+1/t21-/m1/s1. The predicted octanol–water partition coefficient (Wildman–Crippen LogP) is 3.48. The van der Waals surface area contributed by atoms with Crippen LogP contribution in [0.15, 0.2) is 48.5 Å². The first kappa shape index (κ1) is 17.0. The molecule has 4 nitrogen and oxygen atoms in total. The van der Waals surface area contributed by atoms with Crippen LogP contribution in [0.4, 0.5) is 10.1 Å². The first-order valence-electron chi connectivity index (χ1n) is 9.15. The summed E-state index contributed by atoms with van der Waals surface area (Å²) in [5, 5.41) is 11.7. The number of ether oxygens (including phenoxy) is 1. The summed E-state index contributed by atoms with van der Waals surface area (Å²) in [4.78, 5) is 2.02. The lowest BCUT2D eigenvalue weighted by molar-refractivity contribution is -0.534. The molecule has 26 heavy (non-hydrogen) atoms. The molecule has 5 heteroatoms. The monoisotopic (exact) mass is 355 g/mol. The molecule has 2 aliphatic rings. The Morgan fingerprint density at radius 2 is 1.77 bits per heavy atom. The maximum absolute atomic E-state index is 13.4. The molecule has 0 saturated carbocycles.